The highest BCUT2D eigenvalue weighted by Gasteiger charge is 2.30. The van der Waals surface area contributed by atoms with E-state index in [9.17, 15) is 18.0 Å². The summed E-state index contributed by atoms with van der Waals surface area (Å²) in [6, 6.07) is 1.68. The maximum Gasteiger partial charge on any atom is 0.417 e. The number of nitrogens with one attached hydrogen (secondary N) is 1. The third kappa shape index (κ3) is 3.72. The molecule has 6 heteroatoms. The van der Waals surface area contributed by atoms with Gasteiger partial charge >= 0.3 is 6.18 Å². The van der Waals surface area contributed by atoms with Gasteiger partial charge < -0.3 is 10.1 Å². The predicted octanol–water partition coefficient (Wildman–Crippen LogP) is 2.74. The Bertz CT molecular complexity index is 373. The van der Waals surface area contributed by atoms with Gasteiger partial charge in [-0.25, -0.2) is 4.98 Å². The summed E-state index contributed by atoms with van der Waals surface area (Å²) < 4.78 is 36.8. The van der Waals surface area contributed by atoms with Crippen LogP contribution >= 0.6 is 0 Å². The molecule has 1 unspecified atom stereocenters. The fraction of sp³-hybridized carbons (Fsp3) is 0.455. The zero-order valence-corrected chi connectivity index (χ0v) is 9.45. The second-order valence-electron chi connectivity index (χ2n) is 3.98. The Morgan fingerprint density at radius 3 is 2.35 bits per heavy atom. The van der Waals surface area contributed by atoms with Crippen molar-refractivity contribution in [2.75, 3.05) is 5.32 Å². The molecule has 1 heterocycles. The minimum Gasteiger partial charge on any atom is -0.360 e. The van der Waals surface area contributed by atoms with E-state index in [4.69, 9.17) is 0 Å². The Labute approximate surface area is 97.0 Å². The number of aromatic nitrogens is 1. The van der Waals surface area contributed by atoms with E-state index in [0.717, 1.165) is 12.3 Å². The van der Waals surface area contributed by atoms with Crippen LogP contribution in [0.5, 0.6) is 0 Å². The number of carbonyl (C=O) groups is 1. The van der Waals surface area contributed by atoms with Crippen molar-refractivity contribution < 1.29 is 18.0 Å². The highest BCUT2D eigenvalue weighted by atomic mass is 19.4. The van der Waals surface area contributed by atoms with Crippen LogP contribution in [0.1, 0.15) is 19.4 Å². The summed E-state index contributed by atoms with van der Waals surface area (Å²) in [5.74, 6) is 0.292. The topological polar surface area (TPSA) is 42.0 Å². The first-order chi connectivity index (χ1) is 7.84. The average molecular weight is 246 g/mol. The van der Waals surface area contributed by atoms with Crippen LogP contribution in [-0.4, -0.2) is 17.3 Å². The number of carbonyl (C=O) groups excluding carboxylic acids is 1. The van der Waals surface area contributed by atoms with Gasteiger partial charge in [0.05, 0.1) is 11.6 Å². The van der Waals surface area contributed by atoms with Crippen molar-refractivity contribution in [1.82, 2.24) is 4.98 Å². The van der Waals surface area contributed by atoms with Gasteiger partial charge in [0, 0.05) is 6.20 Å². The van der Waals surface area contributed by atoms with Gasteiger partial charge in [0.25, 0.3) is 0 Å². The zero-order chi connectivity index (χ0) is 13.1. The van der Waals surface area contributed by atoms with Crippen LogP contribution < -0.4 is 5.32 Å². The smallest absolute Gasteiger partial charge is 0.360 e. The van der Waals surface area contributed by atoms with Crippen LogP contribution in [0.2, 0.25) is 0 Å². The maximum atomic E-state index is 12.3. The van der Waals surface area contributed by atoms with Gasteiger partial charge in [-0.2, -0.15) is 13.2 Å². The van der Waals surface area contributed by atoms with Crippen molar-refractivity contribution in [2.45, 2.75) is 26.1 Å². The Kier molecular flexibility index (Phi) is 4.09. The Morgan fingerprint density at radius 2 is 2.00 bits per heavy atom. The van der Waals surface area contributed by atoms with Gasteiger partial charge in [0.2, 0.25) is 0 Å². The molecule has 17 heavy (non-hydrogen) atoms. The van der Waals surface area contributed by atoms with Crippen molar-refractivity contribution in [3.8, 4) is 0 Å². The normalized spacial score (nSPS) is 13.5. The van der Waals surface area contributed by atoms with Crippen molar-refractivity contribution in [3.05, 3.63) is 23.9 Å². The van der Waals surface area contributed by atoms with Crippen LogP contribution in [-0.2, 0) is 11.0 Å². The quantitative estimate of drug-likeness (QED) is 0.830. The molecule has 0 aromatic carbocycles. The Morgan fingerprint density at radius 1 is 1.35 bits per heavy atom. The minimum atomic E-state index is -4.40. The lowest BCUT2D eigenvalue weighted by Gasteiger charge is -2.17. The average Bonchev–Trinajstić information content (AvgIpc) is 2.25. The molecule has 1 atom stereocenters. The van der Waals surface area contributed by atoms with E-state index in [-0.39, 0.29) is 11.7 Å². The van der Waals surface area contributed by atoms with E-state index < -0.39 is 17.8 Å². The second-order valence-corrected chi connectivity index (χ2v) is 3.98. The van der Waals surface area contributed by atoms with Crippen molar-refractivity contribution in [1.29, 1.82) is 0 Å². The standard InChI is InChI=1S/C11H13F3N2O/c1-7(2)9(6-17)16-10-4-3-8(5-15-10)11(12,13)14/h3-7,9H,1-2H3,(H,15,16). The van der Waals surface area contributed by atoms with E-state index >= 15 is 0 Å². The zero-order valence-electron chi connectivity index (χ0n) is 9.45. The fourth-order valence-electron chi connectivity index (χ4n) is 1.18. The summed E-state index contributed by atoms with van der Waals surface area (Å²) in [6.07, 6.45) is -2.94. The molecule has 0 amide bonds. The Balaban J connectivity index is 2.78. The van der Waals surface area contributed by atoms with Crippen molar-refractivity contribution >= 4 is 12.1 Å². The molecule has 0 bridgehead atoms. The fourth-order valence-corrected chi connectivity index (χ4v) is 1.18. The third-order valence-electron chi connectivity index (χ3n) is 2.27. The molecule has 0 radical (unpaired) electrons. The summed E-state index contributed by atoms with van der Waals surface area (Å²) >= 11 is 0. The number of aldehydes is 1. The second kappa shape index (κ2) is 5.16. The molecule has 0 aliphatic carbocycles. The maximum absolute atomic E-state index is 12.3. The summed E-state index contributed by atoms with van der Waals surface area (Å²) in [4.78, 5) is 14.3. The van der Waals surface area contributed by atoms with Gasteiger partial charge in [-0.15, -0.1) is 0 Å². The molecule has 3 nitrogen and oxygen atoms in total. The summed E-state index contributed by atoms with van der Waals surface area (Å²) in [5.41, 5.74) is -0.810. The molecule has 0 spiro atoms. The molecular weight excluding hydrogens is 233 g/mol. The summed E-state index contributed by atoms with van der Waals surface area (Å²) in [7, 11) is 0. The number of pyridine rings is 1. The predicted molar refractivity (Wildman–Crippen MR) is 57.6 cm³/mol. The van der Waals surface area contributed by atoms with Crippen LogP contribution in [0.25, 0.3) is 0 Å². The van der Waals surface area contributed by atoms with Gasteiger partial charge in [-0.3, -0.25) is 0 Å². The highest BCUT2D eigenvalue weighted by molar-refractivity contribution is 5.63. The van der Waals surface area contributed by atoms with Gasteiger partial charge in [0.1, 0.15) is 12.1 Å². The van der Waals surface area contributed by atoms with Crippen molar-refractivity contribution in [3.63, 3.8) is 0 Å². The number of nitrogens with zero attached hydrogens (tertiary/aromatic N) is 1. The van der Waals surface area contributed by atoms with Gasteiger partial charge in [0.15, 0.2) is 0 Å². The minimum absolute atomic E-state index is 0.0385. The molecule has 1 rings (SSSR count). The first-order valence-corrected chi connectivity index (χ1v) is 5.09. The van der Waals surface area contributed by atoms with E-state index in [1.165, 1.54) is 6.07 Å². The summed E-state index contributed by atoms with van der Waals surface area (Å²) in [6.45, 7) is 3.66. The van der Waals surface area contributed by atoms with Crippen LogP contribution in [0.15, 0.2) is 18.3 Å². The molecule has 0 saturated heterocycles. The van der Waals surface area contributed by atoms with E-state index in [0.29, 0.717) is 6.29 Å². The van der Waals surface area contributed by atoms with Gasteiger partial charge in [-0.05, 0) is 18.1 Å². The SMILES string of the molecule is CC(C)C(C=O)Nc1ccc(C(F)(F)F)cn1. The third-order valence-corrected chi connectivity index (χ3v) is 2.27. The molecule has 1 aromatic rings. The number of halogens is 3. The molecule has 1 N–H and O–H groups in total. The number of rotatable bonds is 4. The first kappa shape index (κ1) is 13.5. The van der Waals surface area contributed by atoms with E-state index in [1.807, 2.05) is 13.8 Å². The van der Waals surface area contributed by atoms with Crippen molar-refractivity contribution in [2.24, 2.45) is 5.92 Å². The van der Waals surface area contributed by atoms with Gasteiger partial charge in [-0.1, -0.05) is 13.8 Å². The first-order valence-electron chi connectivity index (χ1n) is 5.09. The van der Waals surface area contributed by atoms with E-state index in [1.54, 1.807) is 0 Å². The molecule has 0 fully saturated rings. The lowest BCUT2D eigenvalue weighted by molar-refractivity contribution is -0.137. The monoisotopic (exact) mass is 246 g/mol. The number of hydrogen-bond donors (Lipinski definition) is 1. The van der Waals surface area contributed by atoms with Crippen LogP contribution in [0.4, 0.5) is 19.0 Å². The molecule has 0 aliphatic rings. The Hall–Kier alpha value is -1.59. The van der Waals surface area contributed by atoms with Crippen LogP contribution in [0.3, 0.4) is 0 Å². The number of alkyl halides is 3. The van der Waals surface area contributed by atoms with E-state index in [2.05, 4.69) is 10.3 Å². The summed E-state index contributed by atoms with van der Waals surface area (Å²) in [5, 5.41) is 2.76. The molecule has 94 valence electrons. The molecule has 0 aliphatic heterocycles. The molecule has 1 aromatic heterocycles. The molecular formula is C11H13F3N2O. The van der Waals surface area contributed by atoms with Crippen LogP contribution in [0, 0.1) is 5.92 Å². The number of hydrogen-bond acceptors (Lipinski definition) is 3. The molecule has 0 saturated carbocycles. The largest absolute Gasteiger partial charge is 0.417 e. The lowest BCUT2D eigenvalue weighted by atomic mass is 10.1. The number of anilines is 1. The lowest BCUT2D eigenvalue weighted by Crippen LogP contribution is -2.27. The highest BCUT2D eigenvalue weighted by Crippen LogP contribution is 2.28.